The lowest BCUT2D eigenvalue weighted by Gasteiger charge is -2.33. The predicted octanol–water partition coefficient (Wildman–Crippen LogP) is 6.06. The Labute approximate surface area is 222 Å². The summed E-state index contributed by atoms with van der Waals surface area (Å²) >= 11 is 1.68. The summed E-state index contributed by atoms with van der Waals surface area (Å²) in [7, 11) is 0. The van der Waals surface area contributed by atoms with Gasteiger partial charge in [-0.2, -0.15) is 0 Å². The summed E-state index contributed by atoms with van der Waals surface area (Å²) < 4.78 is 6.31. The van der Waals surface area contributed by atoms with Gasteiger partial charge in [-0.1, -0.05) is 48.4 Å². The van der Waals surface area contributed by atoms with Crippen LogP contribution in [-0.4, -0.2) is 51.7 Å². The van der Waals surface area contributed by atoms with Crippen LogP contribution < -0.4 is 4.90 Å². The van der Waals surface area contributed by atoms with E-state index in [0.29, 0.717) is 18.1 Å². The molecule has 1 aliphatic heterocycles. The average Bonchev–Trinajstić information content (AvgIpc) is 3.67. The molecule has 0 unspecified atom stereocenters. The van der Waals surface area contributed by atoms with Gasteiger partial charge in [0, 0.05) is 48.4 Å². The lowest BCUT2D eigenvalue weighted by molar-refractivity contribution is -0.111. The Morgan fingerprint density at radius 2 is 1.43 bits per heavy atom. The summed E-state index contributed by atoms with van der Waals surface area (Å²) in [5.41, 5.74) is 3.19. The van der Waals surface area contributed by atoms with Gasteiger partial charge in [-0.3, -0.25) is 0 Å². The minimum atomic E-state index is 0.224. The molecule has 1 aromatic carbocycles. The molecule has 194 valence electrons. The highest BCUT2D eigenvalue weighted by molar-refractivity contribution is 7.14. The Kier molecular flexibility index (Phi) is 7.55. The van der Waals surface area contributed by atoms with E-state index in [9.17, 15) is 4.79 Å². The van der Waals surface area contributed by atoms with E-state index in [1.54, 1.807) is 11.3 Å². The molecule has 3 heterocycles. The second-order valence-electron chi connectivity index (χ2n) is 10.8. The number of anilines is 1. The third-order valence-corrected chi connectivity index (χ3v) is 9.40. The van der Waals surface area contributed by atoms with Gasteiger partial charge in [0.2, 0.25) is 5.95 Å². The van der Waals surface area contributed by atoms with Gasteiger partial charge in [-0.05, 0) is 56.9 Å². The van der Waals surface area contributed by atoms with Crippen molar-refractivity contribution in [1.82, 2.24) is 20.2 Å². The van der Waals surface area contributed by atoms with Crippen LogP contribution >= 0.6 is 11.3 Å². The quantitative estimate of drug-likeness (QED) is 0.352. The molecule has 3 aliphatic rings. The molecule has 6 rings (SSSR count). The maximum Gasteiger partial charge on any atom is 0.225 e. The highest BCUT2D eigenvalue weighted by atomic mass is 32.1. The van der Waals surface area contributed by atoms with E-state index >= 15 is 0 Å². The van der Waals surface area contributed by atoms with Gasteiger partial charge in [0.15, 0.2) is 0 Å². The Hall–Kier alpha value is -2.71. The summed E-state index contributed by atoms with van der Waals surface area (Å²) in [5, 5.41) is 11.0. The van der Waals surface area contributed by atoms with Crippen molar-refractivity contribution >= 4 is 23.6 Å². The molecule has 3 fully saturated rings. The second-order valence-corrected chi connectivity index (χ2v) is 11.8. The molecule has 7 nitrogen and oxygen atoms in total. The Morgan fingerprint density at radius 3 is 2.11 bits per heavy atom. The fourth-order valence-electron chi connectivity index (χ4n) is 5.95. The average molecular weight is 518 g/mol. The Bertz CT molecular complexity index is 1160. The van der Waals surface area contributed by atoms with Crippen molar-refractivity contribution in [2.24, 2.45) is 5.92 Å². The smallest absolute Gasteiger partial charge is 0.225 e. The van der Waals surface area contributed by atoms with Crippen LogP contribution in [0.1, 0.15) is 75.1 Å². The number of ether oxygens (including phenoxy) is 1. The molecular weight excluding hydrogens is 482 g/mol. The van der Waals surface area contributed by atoms with Gasteiger partial charge in [0.05, 0.1) is 12.2 Å². The van der Waals surface area contributed by atoms with Crippen molar-refractivity contribution in [3.8, 4) is 21.7 Å². The van der Waals surface area contributed by atoms with Gasteiger partial charge < -0.3 is 14.4 Å². The number of aldehydes is 1. The number of benzene rings is 1. The maximum absolute atomic E-state index is 11.0. The van der Waals surface area contributed by atoms with E-state index in [0.717, 1.165) is 90.6 Å². The normalized spacial score (nSPS) is 23.4. The molecule has 0 N–H and O–H groups in total. The van der Waals surface area contributed by atoms with E-state index in [2.05, 4.69) is 49.3 Å². The van der Waals surface area contributed by atoms with Crippen molar-refractivity contribution in [3.05, 3.63) is 41.7 Å². The zero-order chi connectivity index (χ0) is 25.0. The predicted molar refractivity (Wildman–Crippen MR) is 146 cm³/mol. The molecule has 0 atom stereocenters. The minimum Gasteiger partial charge on any atom is -0.375 e. The number of rotatable bonds is 7. The van der Waals surface area contributed by atoms with E-state index in [1.807, 2.05) is 12.4 Å². The van der Waals surface area contributed by atoms with E-state index in [4.69, 9.17) is 4.74 Å². The molecule has 0 bridgehead atoms. The zero-order valence-corrected chi connectivity index (χ0v) is 22.1. The number of aromatic nitrogens is 4. The van der Waals surface area contributed by atoms with Crippen molar-refractivity contribution < 1.29 is 9.53 Å². The molecule has 3 aromatic rings. The van der Waals surface area contributed by atoms with Crippen LogP contribution in [0.5, 0.6) is 0 Å². The second kappa shape index (κ2) is 11.4. The molecule has 37 heavy (non-hydrogen) atoms. The fraction of sp³-hybridized carbons (Fsp3) is 0.552. The molecule has 1 saturated heterocycles. The third kappa shape index (κ3) is 5.75. The molecule has 0 spiro atoms. The number of carbonyl (C=O) groups excluding carboxylic acids is 1. The van der Waals surface area contributed by atoms with Crippen LogP contribution in [0, 0.1) is 5.92 Å². The summed E-state index contributed by atoms with van der Waals surface area (Å²) in [6.45, 7) is 1.90. The van der Waals surface area contributed by atoms with Gasteiger partial charge in [0.25, 0.3) is 0 Å². The standard InChI is InChI=1S/C29H35N5O2S/c35-19-20-5-7-22(8-6-20)27-32-33-28(37-27)23-11-9-21(10-12-23)24-17-30-29(31-18-24)34-15-13-26(14-16-34)36-25-3-1-2-4-25/h9-12,17-20,22,25-26H,1-8,13-16H2. The van der Waals surface area contributed by atoms with Crippen LogP contribution in [0.15, 0.2) is 36.7 Å². The first-order valence-electron chi connectivity index (χ1n) is 13.9. The number of nitrogens with zero attached hydrogens (tertiary/aromatic N) is 5. The summed E-state index contributed by atoms with van der Waals surface area (Å²) in [6, 6.07) is 8.42. The van der Waals surface area contributed by atoms with Gasteiger partial charge in [0.1, 0.15) is 16.3 Å². The van der Waals surface area contributed by atoms with Crippen LogP contribution in [0.3, 0.4) is 0 Å². The molecule has 0 amide bonds. The van der Waals surface area contributed by atoms with E-state index in [1.165, 1.54) is 25.7 Å². The Morgan fingerprint density at radius 1 is 0.784 bits per heavy atom. The fourth-order valence-corrected chi connectivity index (χ4v) is 6.96. The molecule has 2 aromatic heterocycles. The number of hydrogen-bond donors (Lipinski definition) is 0. The zero-order valence-electron chi connectivity index (χ0n) is 21.3. The molecule has 8 heteroatoms. The van der Waals surface area contributed by atoms with Crippen LogP contribution in [0.2, 0.25) is 0 Å². The van der Waals surface area contributed by atoms with Gasteiger partial charge >= 0.3 is 0 Å². The van der Waals surface area contributed by atoms with Crippen molar-refractivity contribution in [3.63, 3.8) is 0 Å². The van der Waals surface area contributed by atoms with Gasteiger partial charge in [-0.15, -0.1) is 10.2 Å². The summed E-state index contributed by atoms with van der Waals surface area (Å²) in [4.78, 5) is 22.7. The van der Waals surface area contributed by atoms with E-state index in [-0.39, 0.29) is 5.92 Å². The summed E-state index contributed by atoms with van der Waals surface area (Å²) in [6.07, 6.45) is 17.0. The largest absolute Gasteiger partial charge is 0.375 e. The molecule has 2 aliphatic carbocycles. The monoisotopic (exact) mass is 517 g/mol. The lowest BCUT2D eigenvalue weighted by Crippen LogP contribution is -2.39. The number of piperidine rings is 1. The van der Waals surface area contributed by atoms with Crippen LogP contribution in [0.25, 0.3) is 21.7 Å². The SMILES string of the molecule is O=CC1CCC(c2nnc(-c3ccc(-c4cnc(N5CCC(OC6CCCC6)CC5)nc4)cc3)s2)CC1. The van der Waals surface area contributed by atoms with Crippen LogP contribution in [0.4, 0.5) is 5.95 Å². The molecular formula is C29H35N5O2S. The minimum absolute atomic E-state index is 0.224. The highest BCUT2D eigenvalue weighted by Crippen LogP contribution is 2.38. The first kappa shape index (κ1) is 24.6. The number of hydrogen-bond acceptors (Lipinski definition) is 8. The van der Waals surface area contributed by atoms with Crippen molar-refractivity contribution in [2.75, 3.05) is 18.0 Å². The lowest BCUT2D eigenvalue weighted by atomic mass is 9.83. The third-order valence-electron chi connectivity index (χ3n) is 8.27. The number of carbonyl (C=O) groups is 1. The molecule has 2 saturated carbocycles. The van der Waals surface area contributed by atoms with Crippen molar-refractivity contribution in [2.45, 2.75) is 82.3 Å². The van der Waals surface area contributed by atoms with Crippen molar-refractivity contribution in [1.29, 1.82) is 0 Å². The molecule has 0 radical (unpaired) electrons. The van der Waals surface area contributed by atoms with Gasteiger partial charge in [-0.25, -0.2) is 9.97 Å². The topological polar surface area (TPSA) is 81.1 Å². The summed E-state index contributed by atoms with van der Waals surface area (Å²) in [5.74, 6) is 1.47. The van der Waals surface area contributed by atoms with E-state index < -0.39 is 0 Å². The first-order chi connectivity index (χ1) is 18.2. The maximum atomic E-state index is 11.0. The highest BCUT2D eigenvalue weighted by Gasteiger charge is 2.26. The first-order valence-corrected chi connectivity index (χ1v) is 14.7. The van der Waals surface area contributed by atoms with Crippen LogP contribution in [-0.2, 0) is 9.53 Å². The Balaban J connectivity index is 1.04.